The van der Waals surface area contributed by atoms with Gasteiger partial charge < -0.3 is 5.32 Å². The van der Waals surface area contributed by atoms with Crippen molar-refractivity contribution in [3.05, 3.63) is 30.1 Å². The van der Waals surface area contributed by atoms with Crippen LogP contribution >= 0.6 is 0 Å². The highest BCUT2D eigenvalue weighted by atomic mass is 15.1. The van der Waals surface area contributed by atoms with Gasteiger partial charge >= 0.3 is 0 Å². The molecule has 0 amide bonds. The van der Waals surface area contributed by atoms with Crippen LogP contribution in [0.15, 0.2) is 24.5 Å². The van der Waals surface area contributed by atoms with Crippen molar-refractivity contribution in [2.45, 2.75) is 6.04 Å². The predicted molar refractivity (Wildman–Crippen MR) is 35.0 cm³/mol. The van der Waals surface area contributed by atoms with Crippen molar-refractivity contribution in [1.82, 2.24) is 10.3 Å². The molecule has 0 aliphatic carbocycles. The minimum Gasteiger partial charge on any atom is -0.307 e. The lowest BCUT2D eigenvalue weighted by Gasteiger charge is -1.90. The molecule has 0 aromatic carbocycles. The lowest BCUT2D eigenvalue weighted by atomic mass is 10.2. The maximum atomic E-state index is 3.93. The first kappa shape index (κ1) is 4.94. The van der Waals surface area contributed by atoms with Gasteiger partial charge in [-0.3, -0.25) is 4.98 Å². The topological polar surface area (TPSA) is 34.8 Å². The molecule has 1 fully saturated rings. The Kier molecular flexibility index (Phi) is 0.993. The average molecular weight is 120 g/mol. The Balaban J connectivity index is 2.29. The molecule has 0 bridgehead atoms. The average Bonchev–Trinajstić information content (AvgIpc) is 2.71. The van der Waals surface area contributed by atoms with Crippen LogP contribution in [0.1, 0.15) is 11.6 Å². The molecule has 1 saturated heterocycles. The summed E-state index contributed by atoms with van der Waals surface area (Å²) >= 11 is 0. The van der Waals surface area contributed by atoms with Gasteiger partial charge in [-0.2, -0.15) is 0 Å². The van der Waals surface area contributed by atoms with Gasteiger partial charge in [0.2, 0.25) is 0 Å². The third-order valence-electron chi connectivity index (χ3n) is 1.52. The molecule has 2 nitrogen and oxygen atoms in total. The molecule has 1 aromatic heterocycles. The highest BCUT2D eigenvalue weighted by molar-refractivity contribution is 5.19. The van der Waals surface area contributed by atoms with E-state index in [1.54, 1.807) is 0 Å². The summed E-state index contributed by atoms with van der Waals surface area (Å²) in [7, 11) is 0. The molecule has 1 aliphatic heterocycles. The lowest BCUT2D eigenvalue weighted by molar-refractivity contribution is 1.06. The van der Waals surface area contributed by atoms with Crippen LogP contribution in [0.5, 0.6) is 0 Å². The third kappa shape index (κ3) is 0.933. The van der Waals surface area contributed by atoms with Crippen LogP contribution in [0.3, 0.4) is 0 Å². The molecule has 0 unspecified atom stereocenters. The minimum absolute atomic E-state index is 0.619. The summed E-state index contributed by atoms with van der Waals surface area (Å²) in [6.45, 7) is 1.13. The minimum atomic E-state index is 0.619. The zero-order valence-corrected chi connectivity index (χ0v) is 5.04. The van der Waals surface area contributed by atoms with Crippen LogP contribution in [0.2, 0.25) is 0 Å². The predicted octanol–water partition coefficient (Wildman–Crippen LogP) is 0.726. The lowest BCUT2D eigenvalue weighted by Crippen LogP contribution is -1.82. The van der Waals surface area contributed by atoms with Gasteiger partial charge in [-0.1, -0.05) is 0 Å². The van der Waals surface area contributed by atoms with Crippen LogP contribution in [0, 0.1) is 0 Å². The van der Waals surface area contributed by atoms with E-state index in [4.69, 9.17) is 0 Å². The van der Waals surface area contributed by atoms with E-state index in [1.165, 1.54) is 5.56 Å². The Morgan fingerprint density at radius 1 is 1.44 bits per heavy atom. The van der Waals surface area contributed by atoms with Gasteiger partial charge in [0.05, 0.1) is 0 Å². The van der Waals surface area contributed by atoms with E-state index in [0.29, 0.717) is 6.04 Å². The summed E-state index contributed by atoms with van der Waals surface area (Å²) in [5.41, 5.74) is 1.35. The molecule has 2 heteroatoms. The van der Waals surface area contributed by atoms with Gasteiger partial charge in [-0.15, -0.1) is 0 Å². The number of rotatable bonds is 1. The van der Waals surface area contributed by atoms with Crippen molar-refractivity contribution >= 4 is 0 Å². The smallest absolute Gasteiger partial charge is 0.0448 e. The second-order valence-corrected chi connectivity index (χ2v) is 2.24. The third-order valence-corrected chi connectivity index (χ3v) is 1.52. The number of hydrogen-bond donors (Lipinski definition) is 1. The first-order valence-corrected chi connectivity index (χ1v) is 3.10. The fourth-order valence-electron chi connectivity index (χ4n) is 0.890. The van der Waals surface area contributed by atoms with E-state index in [0.717, 1.165) is 6.54 Å². The Morgan fingerprint density at radius 2 is 2.11 bits per heavy atom. The standard InChI is InChI=1S/C7H8N2/c1-3-8-4-2-6(1)7-5-9-7/h1-4,7,9H,5H2/t7-/m1/s1. The number of aromatic nitrogens is 1. The van der Waals surface area contributed by atoms with Gasteiger partial charge in [-0.05, 0) is 17.7 Å². The summed E-state index contributed by atoms with van der Waals surface area (Å²) in [6, 6.07) is 4.71. The van der Waals surface area contributed by atoms with Gasteiger partial charge in [-0.25, -0.2) is 0 Å². The van der Waals surface area contributed by atoms with Crippen LogP contribution < -0.4 is 5.32 Å². The number of hydrogen-bond acceptors (Lipinski definition) is 2. The Labute approximate surface area is 53.9 Å². The molecule has 0 spiro atoms. The maximum Gasteiger partial charge on any atom is 0.0448 e. The first-order chi connectivity index (χ1) is 4.47. The molecule has 2 heterocycles. The van der Waals surface area contributed by atoms with Crippen molar-refractivity contribution in [3.8, 4) is 0 Å². The first-order valence-electron chi connectivity index (χ1n) is 3.10. The van der Waals surface area contributed by atoms with E-state index in [9.17, 15) is 0 Å². The second kappa shape index (κ2) is 1.81. The van der Waals surface area contributed by atoms with Gasteiger partial charge in [0.1, 0.15) is 0 Å². The van der Waals surface area contributed by atoms with E-state index in [-0.39, 0.29) is 0 Å². The molecule has 2 rings (SSSR count). The highest BCUT2D eigenvalue weighted by Gasteiger charge is 2.21. The van der Waals surface area contributed by atoms with Crippen LogP contribution in [-0.4, -0.2) is 11.5 Å². The van der Waals surface area contributed by atoms with Crippen LogP contribution in [-0.2, 0) is 0 Å². The fourth-order valence-corrected chi connectivity index (χ4v) is 0.890. The van der Waals surface area contributed by atoms with E-state index >= 15 is 0 Å². The van der Waals surface area contributed by atoms with Gasteiger partial charge in [0.15, 0.2) is 0 Å². The molecular weight excluding hydrogens is 112 g/mol. The molecule has 0 saturated carbocycles. The summed E-state index contributed by atoms with van der Waals surface area (Å²) in [6.07, 6.45) is 3.66. The molecule has 46 valence electrons. The zero-order valence-electron chi connectivity index (χ0n) is 5.04. The van der Waals surface area contributed by atoms with Crippen molar-refractivity contribution in [1.29, 1.82) is 0 Å². The Hall–Kier alpha value is -0.890. The molecule has 9 heavy (non-hydrogen) atoms. The molecule has 1 aliphatic rings. The summed E-state index contributed by atoms with van der Waals surface area (Å²) in [4.78, 5) is 3.93. The monoisotopic (exact) mass is 120 g/mol. The largest absolute Gasteiger partial charge is 0.307 e. The highest BCUT2D eigenvalue weighted by Crippen LogP contribution is 2.19. The summed E-state index contributed by atoms with van der Waals surface area (Å²) in [5.74, 6) is 0. The maximum absolute atomic E-state index is 3.93. The summed E-state index contributed by atoms with van der Waals surface area (Å²) in [5, 5.41) is 3.22. The molecule has 1 atom stereocenters. The zero-order chi connectivity index (χ0) is 6.10. The molecule has 1 aromatic rings. The number of pyridine rings is 1. The fraction of sp³-hybridized carbons (Fsp3) is 0.286. The SMILES string of the molecule is c1cc([C@H]2CN2)ccn1. The van der Waals surface area contributed by atoms with Gasteiger partial charge in [0.25, 0.3) is 0 Å². The molecular formula is C7H8N2. The van der Waals surface area contributed by atoms with Crippen molar-refractivity contribution in [2.75, 3.05) is 6.54 Å². The number of nitrogens with zero attached hydrogens (tertiary/aromatic N) is 1. The van der Waals surface area contributed by atoms with Crippen molar-refractivity contribution in [2.24, 2.45) is 0 Å². The molecule has 0 radical (unpaired) electrons. The van der Waals surface area contributed by atoms with E-state index < -0.39 is 0 Å². The van der Waals surface area contributed by atoms with Crippen LogP contribution in [0.25, 0.3) is 0 Å². The van der Waals surface area contributed by atoms with E-state index in [2.05, 4.69) is 10.3 Å². The van der Waals surface area contributed by atoms with Crippen LogP contribution in [0.4, 0.5) is 0 Å². The Bertz CT molecular complexity index is 191. The summed E-state index contributed by atoms with van der Waals surface area (Å²) < 4.78 is 0. The van der Waals surface area contributed by atoms with E-state index in [1.807, 2.05) is 24.5 Å². The quantitative estimate of drug-likeness (QED) is 0.554. The van der Waals surface area contributed by atoms with Crippen molar-refractivity contribution in [3.63, 3.8) is 0 Å². The van der Waals surface area contributed by atoms with Crippen molar-refractivity contribution < 1.29 is 0 Å². The molecule has 1 N–H and O–H groups in total. The van der Waals surface area contributed by atoms with Gasteiger partial charge in [0, 0.05) is 25.0 Å². The Morgan fingerprint density at radius 3 is 2.67 bits per heavy atom. The second-order valence-electron chi connectivity index (χ2n) is 2.24. The normalized spacial score (nSPS) is 23.8. The number of nitrogens with one attached hydrogen (secondary N) is 1.